The number of para-hydroxylation sites is 2. The Morgan fingerprint density at radius 1 is 1.36 bits per heavy atom. The first-order valence-electron chi connectivity index (χ1n) is 7.96. The maximum absolute atomic E-state index is 6.20. The number of pyridine rings is 1. The number of anilines is 1. The van der Waals surface area contributed by atoms with Gasteiger partial charge in [-0.15, -0.1) is 0 Å². The second-order valence-corrected chi connectivity index (χ2v) is 6.27. The number of rotatable bonds is 7. The van der Waals surface area contributed by atoms with E-state index in [1.54, 1.807) is 19.4 Å². The van der Waals surface area contributed by atoms with Gasteiger partial charge in [-0.2, -0.15) is 0 Å². The third-order valence-electron chi connectivity index (χ3n) is 3.22. The molecule has 0 aliphatic rings. The standard InChI is InChI=1S/C18H23ClN4O2/c1-12(2)11-25-17-14(19)8-13(9-21-17)10-22-18(20)23-15-6-4-5-7-16(15)24-3/h4-9,12H,10-11H2,1-3H3,(H3,20,22,23). The highest BCUT2D eigenvalue weighted by Crippen LogP contribution is 2.24. The van der Waals surface area contributed by atoms with Crippen LogP contribution in [-0.2, 0) is 6.54 Å². The minimum atomic E-state index is 0.278. The number of benzene rings is 1. The lowest BCUT2D eigenvalue weighted by Gasteiger charge is -2.11. The number of nitrogens with one attached hydrogen (secondary N) is 1. The molecule has 0 aliphatic carbocycles. The molecule has 25 heavy (non-hydrogen) atoms. The molecule has 1 aromatic carbocycles. The number of halogens is 1. The fourth-order valence-corrected chi connectivity index (χ4v) is 2.25. The molecule has 0 saturated carbocycles. The summed E-state index contributed by atoms with van der Waals surface area (Å²) in [6.45, 7) is 5.05. The topological polar surface area (TPSA) is 81.8 Å². The molecule has 0 spiro atoms. The predicted molar refractivity (Wildman–Crippen MR) is 102 cm³/mol. The van der Waals surface area contributed by atoms with Gasteiger partial charge >= 0.3 is 0 Å². The SMILES string of the molecule is COc1ccccc1NC(N)=NCc1cnc(OCC(C)C)c(Cl)c1. The average Bonchev–Trinajstić information content (AvgIpc) is 2.59. The smallest absolute Gasteiger partial charge is 0.232 e. The molecule has 1 aromatic heterocycles. The molecule has 2 rings (SSSR count). The molecule has 3 N–H and O–H groups in total. The van der Waals surface area contributed by atoms with Crippen molar-refractivity contribution in [2.75, 3.05) is 19.0 Å². The number of methoxy groups -OCH3 is 1. The van der Waals surface area contributed by atoms with Crippen LogP contribution in [0, 0.1) is 5.92 Å². The molecule has 0 aliphatic heterocycles. The highest BCUT2D eigenvalue weighted by Gasteiger charge is 2.07. The van der Waals surface area contributed by atoms with Crippen LogP contribution in [-0.4, -0.2) is 24.7 Å². The summed E-state index contributed by atoms with van der Waals surface area (Å²) in [5.41, 5.74) is 7.52. The number of nitrogens with two attached hydrogens (primary N) is 1. The van der Waals surface area contributed by atoms with Gasteiger partial charge in [0.15, 0.2) is 5.96 Å². The van der Waals surface area contributed by atoms with Crippen LogP contribution in [0.3, 0.4) is 0 Å². The number of hydrogen-bond acceptors (Lipinski definition) is 4. The van der Waals surface area contributed by atoms with Crippen molar-refractivity contribution in [2.24, 2.45) is 16.6 Å². The molecule has 0 unspecified atom stereocenters. The molecule has 6 nitrogen and oxygen atoms in total. The third kappa shape index (κ3) is 5.83. The molecule has 7 heteroatoms. The van der Waals surface area contributed by atoms with Gasteiger partial charge in [0, 0.05) is 6.20 Å². The maximum Gasteiger partial charge on any atom is 0.232 e. The van der Waals surface area contributed by atoms with Crippen molar-refractivity contribution in [3.63, 3.8) is 0 Å². The van der Waals surface area contributed by atoms with Crippen LogP contribution >= 0.6 is 11.6 Å². The van der Waals surface area contributed by atoms with Crippen molar-refractivity contribution in [2.45, 2.75) is 20.4 Å². The summed E-state index contributed by atoms with van der Waals surface area (Å²) in [7, 11) is 1.60. The van der Waals surface area contributed by atoms with Crippen LogP contribution in [0.5, 0.6) is 11.6 Å². The molecule has 0 bridgehead atoms. The summed E-state index contributed by atoms with van der Waals surface area (Å²) < 4.78 is 10.8. The summed E-state index contributed by atoms with van der Waals surface area (Å²) in [6, 6.07) is 9.26. The van der Waals surface area contributed by atoms with Crippen molar-refractivity contribution < 1.29 is 9.47 Å². The quantitative estimate of drug-likeness (QED) is 0.579. The minimum Gasteiger partial charge on any atom is -0.495 e. The first-order chi connectivity index (χ1) is 12.0. The molecule has 0 saturated heterocycles. The van der Waals surface area contributed by atoms with Crippen LogP contribution < -0.4 is 20.5 Å². The third-order valence-corrected chi connectivity index (χ3v) is 3.49. The maximum atomic E-state index is 6.20. The molecule has 0 fully saturated rings. The Morgan fingerprint density at radius 2 is 2.12 bits per heavy atom. The zero-order chi connectivity index (χ0) is 18.2. The van der Waals surface area contributed by atoms with Crippen molar-refractivity contribution in [1.29, 1.82) is 0 Å². The fourth-order valence-electron chi connectivity index (χ4n) is 2.01. The Balaban J connectivity index is 1.99. The van der Waals surface area contributed by atoms with E-state index in [1.165, 1.54) is 0 Å². The molecule has 134 valence electrons. The van der Waals surface area contributed by atoms with Gasteiger partial charge in [0.2, 0.25) is 5.88 Å². The highest BCUT2D eigenvalue weighted by atomic mass is 35.5. The highest BCUT2D eigenvalue weighted by molar-refractivity contribution is 6.31. The Hall–Kier alpha value is -2.47. The van der Waals surface area contributed by atoms with E-state index in [0.717, 1.165) is 11.3 Å². The summed E-state index contributed by atoms with van der Waals surface area (Å²) >= 11 is 6.20. The van der Waals surface area contributed by atoms with Gasteiger partial charge in [-0.3, -0.25) is 0 Å². The number of aromatic nitrogens is 1. The van der Waals surface area contributed by atoms with E-state index in [9.17, 15) is 0 Å². The number of nitrogens with zero attached hydrogens (tertiary/aromatic N) is 2. The number of ether oxygens (including phenoxy) is 2. The normalized spacial score (nSPS) is 11.5. The lowest BCUT2D eigenvalue weighted by molar-refractivity contribution is 0.261. The zero-order valence-electron chi connectivity index (χ0n) is 14.6. The number of hydrogen-bond donors (Lipinski definition) is 2. The van der Waals surface area contributed by atoms with E-state index in [2.05, 4.69) is 29.1 Å². The lowest BCUT2D eigenvalue weighted by Crippen LogP contribution is -2.22. The Labute approximate surface area is 153 Å². The molecular formula is C18H23ClN4O2. The van der Waals surface area contributed by atoms with Crippen molar-refractivity contribution in [1.82, 2.24) is 4.98 Å². The lowest BCUT2D eigenvalue weighted by atomic mass is 10.2. The van der Waals surface area contributed by atoms with Crippen molar-refractivity contribution >= 4 is 23.2 Å². The molecular weight excluding hydrogens is 340 g/mol. The van der Waals surface area contributed by atoms with Gasteiger partial charge in [-0.05, 0) is 29.7 Å². The van der Waals surface area contributed by atoms with Crippen molar-refractivity contribution in [3.8, 4) is 11.6 Å². The fraction of sp³-hybridized carbons (Fsp3) is 0.333. The van der Waals surface area contributed by atoms with Crippen LogP contribution in [0.2, 0.25) is 5.02 Å². The van der Waals surface area contributed by atoms with Gasteiger partial charge in [-0.25, -0.2) is 9.98 Å². The summed E-state index contributed by atoms with van der Waals surface area (Å²) in [4.78, 5) is 8.53. The van der Waals surface area contributed by atoms with Gasteiger partial charge in [0.05, 0.1) is 25.9 Å². The van der Waals surface area contributed by atoms with Gasteiger partial charge < -0.3 is 20.5 Å². The minimum absolute atomic E-state index is 0.278. The summed E-state index contributed by atoms with van der Waals surface area (Å²) in [5, 5.41) is 3.48. The monoisotopic (exact) mass is 362 g/mol. The van der Waals surface area contributed by atoms with Crippen molar-refractivity contribution in [3.05, 3.63) is 47.1 Å². The second kappa shape index (κ2) is 9.13. The van der Waals surface area contributed by atoms with E-state index in [-0.39, 0.29) is 5.96 Å². The Kier molecular flexibility index (Phi) is 6.89. The van der Waals surface area contributed by atoms with Crippen LogP contribution in [0.15, 0.2) is 41.5 Å². The Morgan fingerprint density at radius 3 is 2.80 bits per heavy atom. The van der Waals surface area contributed by atoms with Gasteiger partial charge in [0.25, 0.3) is 0 Å². The largest absolute Gasteiger partial charge is 0.495 e. The zero-order valence-corrected chi connectivity index (χ0v) is 15.4. The molecule has 0 amide bonds. The first kappa shape index (κ1) is 18.9. The second-order valence-electron chi connectivity index (χ2n) is 5.86. The van der Waals surface area contributed by atoms with Gasteiger partial charge in [0.1, 0.15) is 10.8 Å². The molecule has 0 radical (unpaired) electrons. The van der Waals surface area contributed by atoms with Crippen LogP contribution in [0.1, 0.15) is 19.4 Å². The summed E-state index contributed by atoms with van der Waals surface area (Å²) in [5.74, 6) is 1.81. The Bertz CT molecular complexity index is 735. The van der Waals surface area contributed by atoms with Gasteiger partial charge in [-0.1, -0.05) is 37.6 Å². The van der Waals surface area contributed by atoms with Crippen LogP contribution in [0.25, 0.3) is 0 Å². The average molecular weight is 363 g/mol. The van der Waals surface area contributed by atoms with E-state index >= 15 is 0 Å². The molecule has 2 aromatic rings. The van der Waals surface area contributed by atoms with Crippen LogP contribution in [0.4, 0.5) is 5.69 Å². The summed E-state index contributed by atoms with van der Waals surface area (Å²) in [6.07, 6.45) is 1.68. The van der Waals surface area contributed by atoms with E-state index in [1.807, 2.05) is 24.3 Å². The molecule has 0 atom stereocenters. The van der Waals surface area contributed by atoms with E-state index in [0.29, 0.717) is 35.7 Å². The number of guanidine groups is 1. The number of aliphatic imine (C=N–C) groups is 1. The first-order valence-corrected chi connectivity index (χ1v) is 8.34. The predicted octanol–water partition coefficient (Wildman–Crippen LogP) is 3.71. The van der Waals surface area contributed by atoms with E-state index < -0.39 is 0 Å². The van der Waals surface area contributed by atoms with E-state index in [4.69, 9.17) is 26.8 Å². The molecule has 1 heterocycles.